The summed E-state index contributed by atoms with van der Waals surface area (Å²) in [5, 5.41) is 11.1. The molecule has 1 aromatic heterocycles. The molecule has 0 aliphatic carbocycles. The summed E-state index contributed by atoms with van der Waals surface area (Å²) in [6.07, 6.45) is 0.695. The standard InChI is InChI=1S/C24H23NO4/c1-28-18-8-10-22-20(13-18)21-14-19(29-2)9-11-23(21)25(22)15-17-5-3-16(4-6-17)7-12-24(26)27/h3-6,8-11,13-14H,7,12,15H2,1-2H3,(H,26,27). The van der Waals surface area contributed by atoms with Crippen molar-refractivity contribution in [1.29, 1.82) is 0 Å². The van der Waals surface area contributed by atoms with E-state index < -0.39 is 5.97 Å². The zero-order valence-electron chi connectivity index (χ0n) is 16.5. The van der Waals surface area contributed by atoms with Gasteiger partial charge in [0.2, 0.25) is 0 Å². The molecule has 0 bridgehead atoms. The molecule has 29 heavy (non-hydrogen) atoms. The quantitative estimate of drug-likeness (QED) is 0.489. The Balaban J connectivity index is 1.75. The lowest BCUT2D eigenvalue weighted by molar-refractivity contribution is -0.136. The lowest BCUT2D eigenvalue weighted by Crippen LogP contribution is -2.01. The summed E-state index contributed by atoms with van der Waals surface area (Å²) in [5.74, 6) is 0.870. The van der Waals surface area contributed by atoms with Gasteiger partial charge in [0, 0.05) is 34.8 Å². The van der Waals surface area contributed by atoms with Crippen LogP contribution in [0.15, 0.2) is 60.7 Å². The first-order chi connectivity index (χ1) is 14.1. The van der Waals surface area contributed by atoms with Gasteiger partial charge in [-0.05, 0) is 53.9 Å². The van der Waals surface area contributed by atoms with Crippen LogP contribution >= 0.6 is 0 Å². The van der Waals surface area contributed by atoms with Crippen molar-refractivity contribution in [2.45, 2.75) is 19.4 Å². The maximum Gasteiger partial charge on any atom is 0.303 e. The molecule has 5 nitrogen and oxygen atoms in total. The molecule has 0 saturated heterocycles. The summed E-state index contributed by atoms with van der Waals surface area (Å²) in [4.78, 5) is 10.8. The van der Waals surface area contributed by atoms with Gasteiger partial charge >= 0.3 is 5.97 Å². The Morgan fingerprint density at radius 3 is 1.83 bits per heavy atom. The lowest BCUT2D eigenvalue weighted by Gasteiger charge is -2.09. The third kappa shape index (κ3) is 3.76. The molecule has 0 radical (unpaired) electrons. The molecule has 4 aromatic rings. The van der Waals surface area contributed by atoms with E-state index in [1.807, 2.05) is 24.3 Å². The molecule has 0 atom stereocenters. The number of hydrogen-bond donors (Lipinski definition) is 1. The van der Waals surface area contributed by atoms with Crippen LogP contribution in [-0.2, 0) is 17.8 Å². The first-order valence-corrected chi connectivity index (χ1v) is 9.52. The van der Waals surface area contributed by atoms with Crippen molar-refractivity contribution in [2.75, 3.05) is 14.2 Å². The highest BCUT2D eigenvalue weighted by Gasteiger charge is 2.13. The minimum absolute atomic E-state index is 0.149. The van der Waals surface area contributed by atoms with E-state index in [1.165, 1.54) is 0 Å². The first-order valence-electron chi connectivity index (χ1n) is 9.52. The molecule has 5 heteroatoms. The van der Waals surface area contributed by atoms with Gasteiger partial charge in [0.25, 0.3) is 0 Å². The van der Waals surface area contributed by atoms with Crippen molar-refractivity contribution in [3.8, 4) is 11.5 Å². The summed E-state index contributed by atoms with van der Waals surface area (Å²) >= 11 is 0. The number of aromatic nitrogens is 1. The Morgan fingerprint density at radius 1 is 0.828 bits per heavy atom. The van der Waals surface area contributed by atoms with Crippen molar-refractivity contribution in [3.63, 3.8) is 0 Å². The number of rotatable bonds is 7. The van der Waals surface area contributed by atoms with E-state index in [0.29, 0.717) is 6.42 Å². The van der Waals surface area contributed by atoms with Crippen molar-refractivity contribution >= 4 is 27.8 Å². The average Bonchev–Trinajstić information content (AvgIpc) is 3.05. The number of ether oxygens (including phenoxy) is 2. The number of aliphatic carboxylic acids is 1. The molecule has 0 amide bonds. The Hall–Kier alpha value is -3.47. The molecule has 3 aromatic carbocycles. The molecule has 0 aliphatic heterocycles. The molecule has 0 spiro atoms. The number of carboxylic acid groups (broad SMARTS) is 1. The van der Waals surface area contributed by atoms with Gasteiger partial charge in [-0.2, -0.15) is 0 Å². The van der Waals surface area contributed by atoms with E-state index in [0.717, 1.165) is 51.0 Å². The summed E-state index contributed by atoms with van der Waals surface area (Å²) < 4.78 is 13.1. The van der Waals surface area contributed by atoms with Gasteiger partial charge in [-0.3, -0.25) is 4.79 Å². The Morgan fingerprint density at radius 2 is 1.34 bits per heavy atom. The molecule has 0 unspecified atom stereocenters. The van der Waals surface area contributed by atoms with Crippen molar-refractivity contribution in [1.82, 2.24) is 4.57 Å². The topological polar surface area (TPSA) is 60.7 Å². The Bertz CT molecular complexity index is 1110. The van der Waals surface area contributed by atoms with Gasteiger partial charge in [0.05, 0.1) is 14.2 Å². The van der Waals surface area contributed by atoms with Crippen LogP contribution in [0, 0.1) is 0 Å². The molecule has 148 valence electrons. The predicted molar refractivity (Wildman–Crippen MR) is 114 cm³/mol. The van der Waals surface area contributed by atoms with Crippen LogP contribution in [0.3, 0.4) is 0 Å². The second kappa shape index (κ2) is 7.87. The van der Waals surface area contributed by atoms with Crippen LogP contribution in [0.2, 0.25) is 0 Å². The maximum atomic E-state index is 10.8. The van der Waals surface area contributed by atoms with Crippen molar-refractivity contribution < 1.29 is 19.4 Å². The van der Waals surface area contributed by atoms with Crippen LogP contribution in [0.5, 0.6) is 11.5 Å². The van der Waals surface area contributed by atoms with Crippen molar-refractivity contribution in [2.24, 2.45) is 0 Å². The van der Waals surface area contributed by atoms with Gasteiger partial charge in [0.15, 0.2) is 0 Å². The molecule has 0 fully saturated rings. The Labute approximate surface area is 169 Å². The first kappa shape index (κ1) is 18.9. The zero-order valence-corrected chi connectivity index (χ0v) is 16.5. The second-order valence-corrected chi connectivity index (χ2v) is 7.06. The van der Waals surface area contributed by atoms with Gasteiger partial charge in [-0.1, -0.05) is 24.3 Å². The fraction of sp³-hybridized carbons (Fsp3) is 0.208. The van der Waals surface area contributed by atoms with E-state index in [4.69, 9.17) is 14.6 Å². The molecule has 4 rings (SSSR count). The number of benzene rings is 3. The second-order valence-electron chi connectivity index (χ2n) is 7.06. The fourth-order valence-electron chi connectivity index (χ4n) is 3.73. The number of methoxy groups -OCH3 is 2. The SMILES string of the molecule is COc1ccc2c(c1)c1cc(OC)ccc1n2Cc1ccc(CCC(=O)O)cc1. The largest absolute Gasteiger partial charge is 0.497 e. The zero-order chi connectivity index (χ0) is 20.4. The highest BCUT2D eigenvalue weighted by atomic mass is 16.5. The highest BCUT2D eigenvalue weighted by molar-refractivity contribution is 6.09. The normalized spacial score (nSPS) is 11.1. The van der Waals surface area contributed by atoms with E-state index >= 15 is 0 Å². The van der Waals surface area contributed by atoms with Crippen LogP contribution in [0.1, 0.15) is 17.5 Å². The Kier molecular flexibility index (Phi) is 5.12. The third-order valence-electron chi connectivity index (χ3n) is 5.27. The van der Waals surface area contributed by atoms with Crippen LogP contribution in [-0.4, -0.2) is 29.9 Å². The predicted octanol–water partition coefficient (Wildman–Crippen LogP) is 4.88. The number of carbonyl (C=O) groups is 1. The van der Waals surface area contributed by atoms with Crippen LogP contribution in [0.25, 0.3) is 21.8 Å². The highest BCUT2D eigenvalue weighted by Crippen LogP contribution is 2.34. The minimum Gasteiger partial charge on any atom is -0.497 e. The van der Waals surface area contributed by atoms with E-state index in [2.05, 4.69) is 41.0 Å². The molecular weight excluding hydrogens is 366 g/mol. The van der Waals surface area contributed by atoms with E-state index in [1.54, 1.807) is 14.2 Å². The molecule has 0 saturated carbocycles. The number of hydrogen-bond acceptors (Lipinski definition) is 3. The number of aryl methyl sites for hydroxylation is 1. The average molecular weight is 389 g/mol. The summed E-state index contributed by atoms with van der Waals surface area (Å²) in [6, 6.07) is 20.4. The molecular formula is C24H23NO4. The monoisotopic (exact) mass is 389 g/mol. The summed E-state index contributed by atoms with van der Waals surface area (Å²) in [6.45, 7) is 0.720. The maximum absolute atomic E-state index is 10.8. The third-order valence-corrected chi connectivity index (χ3v) is 5.27. The molecule has 1 heterocycles. The smallest absolute Gasteiger partial charge is 0.303 e. The van der Waals surface area contributed by atoms with Gasteiger partial charge < -0.3 is 19.1 Å². The van der Waals surface area contributed by atoms with Crippen molar-refractivity contribution in [3.05, 3.63) is 71.8 Å². The van der Waals surface area contributed by atoms with E-state index in [-0.39, 0.29) is 6.42 Å². The number of nitrogens with zero attached hydrogens (tertiary/aromatic N) is 1. The summed E-state index contributed by atoms with van der Waals surface area (Å²) in [7, 11) is 3.35. The van der Waals surface area contributed by atoms with Gasteiger partial charge in [-0.15, -0.1) is 0 Å². The molecule has 1 N–H and O–H groups in total. The van der Waals surface area contributed by atoms with E-state index in [9.17, 15) is 4.79 Å². The van der Waals surface area contributed by atoms with Crippen LogP contribution in [0.4, 0.5) is 0 Å². The van der Waals surface area contributed by atoms with Gasteiger partial charge in [0.1, 0.15) is 11.5 Å². The minimum atomic E-state index is -0.773. The van der Waals surface area contributed by atoms with Gasteiger partial charge in [-0.25, -0.2) is 0 Å². The lowest BCUT2D eigenvalue weighted by atomic mass is 10.1. The number of fused-ring (bicyclic) bond motifs is 3. The fourth-order valence-corrected chi connectivity index (χ4v) is 3.73. The summed E-state index contributed by atoms with van der Waals surface area (Å²) in [5.41, 5.74) is 4.45. The molecule has 0 aliphatic rings. The number of carboxylic acids is 1. The van der Waals surface area contributed by atoms with Crippen LogP contribution < -0.4 is 9.47 Å².